The molecule has 0 atom stereocenters. The van der Waals surface area contributed by atoms with Crippen molar-refractivity contribution in [3.8, 4) is 17.1 Å². The van der Waals surface area contributed by atoms with Crippen molar-refractivity contribution >= 4 is 35.0 Å². The van der Waals surface area contributed by atoms with Gasteiger partial charge in [0.1, 0.15) is 5.75 Å². The number of hydrogen-bond donors (Lipinski definition) is 1. The lowest BCUT2D eigenvalue weighted by Crippen LogP contribution is -2.14. The third kappa shape index (κ3) is 5.28. The largest absolute Gasteiger partial charge is 0.433 e. The number of ether oxygens (including phenoxy) is 1. The standard InChI is InChI=1S/C20H19ClF2N4O2S/c1-3-27-18(14-7-5-4-6-12(14)2)25-26-20(27)30-11-17(28)24-13-8-9-16(15(21)10-13)29-19(22)23/h4-10,19H,3,11H2,1-2H3,(H,24,28). The first kappa shape index (κ1) is 22.0. The number of thioether (sulfide) groups is 1. The second-order valence-corrected chi connectivity index (χ2v) is 7.58. The van der Waals surface area contributed by atoms with E-state index in [1.165, 1.54) is 30.0 Å². The van der Waals surface area contributed by atoms with Gasteiger partial charge in [-0.05, 0) is 37.6 Å². The zero-order valence-corrected chi connectivity index (χ0v) is 17.8. The second kappa shape index (κ2) is 9.90. The van der Waals surface area contributed by atoms with Crippen LogP contribution in [0.4, 0.5) is 14.5 Å². The molecule has 0 radical (unpaired) electrons. The van der Waals surface area contributed by atoms with Crippen molar-refractivity contribution < 1.29 is 18.3 Å². The number of carbonyl (C=O) groups is 1. The van der Waals surface area contributed by atoms with Crippen LogP contribution in [-0.2, 0) is 11.3 Å². The Kier molecular flexibility index (Phi) is 7.28. The Bertz CT molecular complexity index is 1050. The summed E-state index contributed by atoms with van der Waals surface area (Å²) in [4.78, 5) is 12.3. The van der Waals surface area contributed by atoms with E-state index >= 15 is 0 Å². The van der Waals surface area contributed by atoms with Crippen LogP contribution in [0.1, 0.15) is 12.5 Å². The Balaban J connectivity index is 1.65. The molecule has 1 amide bonds. The minimum atomic E-state index is -2.97. The molecule has 3 rings (SSSR count). The van der Waals surface area contributed by atoms with Gasteiger partial charge in [0, 0.05) is 17.8 Å². The summed E-state index contributed by atoms with van der Waals surface area (Å²) in [5.74, 6) is 0.402. The van der Waals surface area contributed by atoms with Gasteiger partial charge in [-0.2, -0.15) is 8.78 Å². The first-order valence-electron chi connectivity index (χ1n) is 9.05. The van der Waals surface area contributed by atoms with Gasteiger partial charge in [0.2, 0.25) is 5.91 Å². The SMILES string of the molecule is CCn1c(SCC(=O)Nc2ccc(OC(F)F)c(Cl)c2)nnc1-c1ccccc1C. The smallest absolute Gasteiger partial charge is 0.387 e. The number of anilines is 1. The number of alkyl halides is 2. The summed E-state index contributed by atoms with van der Waals surface area (Å²) in [6.07, 6.45) is 0. The van der Waals surface area contributed by atoms with Gasteiger partial charge >= 0.3 is 6.61 Å². The Morgan fingerprint density at radius 1 is 1.27 bits per heavy atom. The average molecular weight is 453 g/mol. The lowest BCUT2D eigenvalue weighted by molar-refractivity contribution is -0.113. The zero-order chi connectivity index (χ0) is 21.7. The Morgan fingerprint density at radius 2 is 2.03 bits per heavy atom. The van der Waals surface area contributed by atoms with Gasteiger partial charge in [0.05, 0.1) is 10.8 Å². The van der Waals surface area contributed by atoms with Gasteiger partial charge in [0.15, 0.2) is 11.0 Å². The maximum atomic E-state index is 12.3. The molecule has 2 aromatic carbocycles. The van der Waals surface area contributed by atoms with E-state index in [-0.39, 0.29) is 22.4 Å². The first-order chi connectivity index (χ1) is 14.4. The van der Waals surface area contributed by atoms with Crippen molar-refractivity contribution in [3.63, 3.8) is 0 Å². The summed E-state index contributed by atoms with van der Waals surface area (Å²) >= 11 is 7.16. The molecule has 1 heterocycles. The topological polar surface area (TPSA) is 69.0 Å². The quantitative estimate of drug-likeness (QED) is 0.472. The monoisotopic (exact) mass is 452 g/mol. The molecule has 1 aromatic heterocycles. The Labute approximate surface area is 181 Å². The van der Waals surface area contributed by atoms with E-state index in [0.29, 0.717) is 17.4 Å². The van der Waals surface area contributed by atoms with Gasteiger partial charge in [-0.25, -0.2) is 0 Å². The van der Waals surface area contributed by atoms with Gasteiger partial charge < -0.3 is 14.6 Å². The molecule has 0 spiro atoms. The van der Waals surface area contributed by atoms with E-state index in [2.05, 4.69) is 20.3 Å². The van der Waals surface area contributed by atoms with Crippen molar-refractivity contribution in [2.24, 2.45) is 0 Å². The van der Waals surface area contributed by atoms with Crippen LogP contribution in [0.2, 0.25) is 5.02 Å². The minimum Gasteiger partial charge on any atom is -0.433 e. The molecular weight excluding hydrogens is 434 g/mol. The highest BCUT2D eigenvalue weighted by Gasteiger charge is 2.16. The normalized spacial score (nSPS) is 11.0. The molecule has 30 heavy (non-hydrogen) atoms. The molecule has 0 bridgehead atoms. The van der Waals surface area contributed by atoms with Crippen molar-refractivity contribution in [3.05, 3.63) is 53.1 Å². The minimum absolute atomic E-state index is 0.0191. The molecule has 0 aliphatic heterocycles. The molecule has 158 valence electrons. The molecule has 3 aromatic rings. The van der Waals surface area contributed by atoms with Gasteiger partial charge in [0.25, 0.3) is 0 Å². The van der Waals surface area contributed by atoms with Gasteiger partial charge in [-0.3, -0.25) is 4.79 Å². The fourth-order valence-electron chi connectivity index (χ4n) is 2.80. The number of benzene rings is 2. The zero-order valence-electron chi connectivity index (χ0n) is 16.2. The van der Waals surface area contributed by atoms with E-state index in [9.17, 15) is 13.6 Å². The molecule has 0 fully saturated rings. The predicted molar refractivity (Wildman–Crippen MR) is 113 cm³/mol. The summed E-state index contributed by atoms with van der Waals surface area (Å²) in [5.41, 5.74) is 2.46. The number of hydrogen-bond acceptors (Lipinski definition) is 5. The van der Waals surface area contributed by atoms with Crippen LogP contribution in [0.25, 0.3) is 11.4 Å². The number of nitrogens with zero attached hydrogens (tertiary/aromatic N) is 3. The summed E-state index contributed by atoms with van der Waals surface area (Å²) in [7, 11) is 0. The maximum Gasteiger partial charge on any atom is 0.387 e. The number of nitrogens with one attached hydrogen (secondary N) is 1. The van der Waals surface area contributed by atoms with Crippen LogP contribution >= 0.6 is 23.4 Å². The number of aryl methyl sites for hydroxylation is 1. The third-order valence-electron chi connectivity index (χ3n) is 4.18. The summed E-state index contributed by atoms with van der Waals surface area (Å²) in [6.45, 7) is 1.68. The summed E-state index contributed by atoms with van der Waals surface area (Å²) < 4.78 is 30.8. The van der Waals surface area contributed by atoms with Gasteiger partial charge in [-0.15, -0.1) is 10.2 Å². The molecule has 10 heteroatoms. The fourth-order valence-corrected chi connectivity index (χ4v) is 3.83. The first-order valence-corrected chi connectivity index (χ1v) is 10.4. The number of amides is 1. The summed E-state index contributed by atoms with van der Waals surface area (Å²) in [5, 5.41) is 11.8. The van der Waals surface area contributed by atoms with E-state index in [4.69, 9.17) is 11.6 Å². The molecule has 0 unspecified atom stereocenters. The number of carbonyl (C=O) groups excluding carboxylic acids is 1. The van der Waals surface area contributed by atoms with Crippen LogP contribution < -0.4 is 10.1 Å². The van der Waals surface area contributed by atoms with Crippen LogP contribution in [0.15, 0.2) is 47.6 Å². The second-order valence-electron chi connectivity index (χ2n) is 6.23. The average Bonchev–Trinajstić information content (AvgIpc) is 3.11. The van der Waals surface area contributed by atoms with Crippen LogP contribution in [0.3, 0.4) is 0 Å². The van der Waals surface area contributed by atoms with Crippen molar-refractivity contribution in [2.45, 2.75) is 32.2 Å². The van der Waals surface area contributed by atoms with E-state index in [1.54, 1.807) is 0 Å². The molecule has 1 N–H and O–H groups in total. The highest BCUT2D eigenvalue weighted by molar-refractivity contribution is 7.99. The lowest BCUT2D eigenvalue weighted by Gasteiger charge is -2.10. The maximum absolute atomic E-state index is 12.3. The van der Waals surface area contributed by atoms with Crippen LogP contribution in [0.5, 0.6) is 5.75 Å². The van der Waals surface area contributed by atoms with Crippen molar-refractivity contribution in [1.82, 2.24) is 14.8 Å². The number of aromatic nitrogens is 3. The molecular formula is C20H19ClF2N4O2S. The third-order valence-corrected chi connectivity index (χ3v) is 5.45. The van der Waals surface area contributed by atoms with E-state index in [0.717, 1.165) is 17.0 Å². The number of halogens is 3. The van der Waals surface area contributed by atoms with E-state index < -0.39 is 6.61 Å². The predicted octanol–water partition coefficient (Wildman–Crippen LogP) is 5.26. The van der Waals surface area contributed by atoms with Crippen molar-refractivity contribution in [1.29, 1.82) is 0 Å². The molecule has 0 aliphatic rings. The van der Waals surface area contributed by atoms with Crippen LogP contribution in [0, 0.1) is 6.92 Å². The Morgan fingerprint density at radius 3 is 2.70 bits per heavy atom. The highest BCUT2D eigenvalue weighted by Crippen LogP contribution is 2.29. The van der Waals surface area contributed by atoms with Crippen LogP contribution in [-0.4, -0.2) is 33.0 Å². The Hall–Kier alpha value is -2.65. The van der Waals surface area contributed by atoms with Gasteiger partial charge in [-0.1, -0.05) is 47.6 Å². The number of rotatable bonds is 8. The highest BCUT2D eigenvalue weighted by atomic mass is 35.5. The molecule has 0 saturated heterocycles. The molecule has 0 saturated carbocycles. The lowest BCUT2D eigenvalue weighted by atomic mass is 10.1. The molecule has 6 nitrogen and oxygen atoms in total. The fraction of sp³-hybridized carbons (Fsp3) is 0.250. The molecule has 0 aliphatic carbocycles. The van der Waals surface area contributed by atoms with Crippen molar-refractivity contribution in [2.75, 3.05) is 11.1 Å². The van der Waals surface area contributed by atoms with E-state index in [1.807, 2.05) is 42.7 Å². The summed E-state index contributed by atoms with van der Waals surface area (Å²) in [6, 6.07) is 12.0.